The van der Waals surface area contributed by atoms with Crippen molar-refractivity contribution in [3.05, 3.63) is 57.5 Å². The van der Waals surface area contributed by atoms with Crippen molar-refractivity contribution in [2.24, 2.45) is 0 Å². The van der Waals surface area contributed by atoms with Crippen molar-refractivity contribution in [2.75, 3.05) is 25.4 Å². The summed E-state index contributed by atoms with van der Waals surface area (Å²) < 4.78 is 0. The van der Waals surface area contributed by atoms with Crippen molar-refractivity contribution in [3.63, 3.8) is 0 Å². The number of benzene rings is 1. The Balaban J connectivity index is 1.39. The Kier molecular flexibility index (Phi) is 5.80. The van der Waals surface area contributed by atoms with Gasteiger partial charge < -0.3 is 10.6 Å². The minimum Gasteiger partial charge on any atom is -0.383 e. The van der Waals surface area contributed by atoms with Gasteiger partial charge in [-0.25, -0.2) is 9.97 Å². The SMILES string of the molecule is C[C@H]1C(=O)N(Cc2ccc3c(N)ncnc3c2)CCN1CC=Cc1cc(Cl)cs1. The fraction of sp³-hybridized carbons (Fsp3) is 0.286. The molecule has 0 radical (unpaired) electrons. The van der Waals surface area contributed by atoms with Crippen LogP contribution >= 0.6 is 22.9 Å². The third-order valence-electron chi connectivity index (χ3n) is 5.19. The van der Waals surface area contributed by atoms with E-state index in [0.717, 1.165) is 39.5 Å². The van der Waals surface area contributed by atoms with Crippen LogP contribution in [0.25, 0.3) is 17.0 Å². The second-order valence-corrected chi connectivity index (χ2v) is 8.49. The highest BCUT2D eigenvalue weighted by Crippen LogP contribution is 2.22. The predicted octanol–water partition coefficient (Wildman–Crippen LogP) is 3.67. The Morgan fingerprint density at radius 1 is 1.31 bits per heavy atom. The first-order valence-electron chi connectivity index (χ1n) is 9.44. The molecule has 0 unspecified atom stereocenters. The average Bonchev–Trinajstić information content (AvgIpc) is 3.12. The van der Waals surface area contributed by atoms with E-state index in [4.69, 9.17) is 17.3 Å². The molecule has 1 saturated heterocycles. The van der Waals surface area contributed by atoms with Crippen molar-refractivity contribution in [3.8, 4) is 0 Å². The molecule has 0 saturated carbocycles. The zero-order valence-corrected chi connectivity index (χ0v) is 17.7. The number of piperazine rings is 1. The number of nitrogens with two attached hydrogens (primary N) is 1. The molecule has 1 aliphatic rings. The lowest BCUT2D eigenvalue weighted by atomic mass is 10.1. The quantitative estimate of drug-likeness (QED) is 0.672. The molecule has 0 spiro atoms. The fourth-order valence-corrected chi connectivity index (χ4v) is 4.54. The molecule has 29 heavy (non-hydrogen) atoms. The van der Waals surface area contributed by atoms with Crippen LogP contribution in [-0.2, 0) is 11.3 Å². The van der Waals surface area contributed by atoms with Gasteiger partial charge in [0.05, 0.1) is 16.6 Å². The molecule has 1 aromatic carbocycles. The van der Waals surface area contributed by atoms with E-state index >= 15 is 0 Å². The number of amides is 1. The van der Waals surface area contributed by atoms with Crippen LogP contribution in [0.15, 0.2) is 42.0 Å². The summed E-state index contributed by atoms with van der Waals surface area (Å²) in [5.41, 5.74) is 7.73. The number of carbonyl (C=O) groups excluding carboxylic acids is 1. The molecule has 150 valence electrons. The Labute approximate surface area is 178 Å². The smallest absolute Gasteiger partial charge is 0.239 e. The van der Waals surface area contributed by atoms with Gasteiger partial charge in [-0.05, 0) is 36.8 Å². The van der Waals surface area contributed by atoms with Crippen LogP contribution < -0.4 is 5.73 Å². The second kappa shape index (κ2) is 8.49. The maximum absolute atomic E-state index is 12.9. The van der Waals surface area contributed by atoms with E-state index in [1.54, 1.807) is 11.3 Å². The van der Waals surface area contributed by atoms with E-state index < -0.39 is 0 Å². The van der Waals surface area contributed by atoms with E-state index in [1.807, 2.05) is 41.5 Å². The standard InChI is InChI=1S/C21H22ClN5OS/c1-14-21(28)27(8-7-26(14)6-2-3-17-10-16(22)12-29-17)11-15-4-5-18-19(9-15)24-13-25-20(18)23/h2-5,9-10,12-14H,6-8,11H2,1H3,(H2,23,24,25)/t14-/m0/s1. The van der Waals surface area contributed by atoms with Crippen LogP contribution in [0.5, 0.6) is 0 Å². The highest BCUT2D eigenvalue weighted by molar-refractivity contribution is 7.11. The second-order valence-electron chi connectivity index (χ2n) is 7.11. The number of nitrogen functional groups attached to an aromatic ring is 1. The average molecular weight is 428 g/mol. The molecule has 3 aromatic rings. The summed E-state index contributed by atoms with van der Waals surface area (Å²) in [7, 11) is 0. The topological polar surface area (TPSA) is 75.3 Å². The van der Waals surface area contributed by atoms with Gasteiger partial charge in [-0.1, -0.05) is 23.7 Å². The lowest BCUT2D eigenvalue weighted by Gasteiger charge is -2.38. The molecule has 0 bridgehead atoms. The van der Waals surface area contributed by atoms with E-state index in [9.17, 15) is 4.79 Å². The maximum atomic E-state index is 12.9. The van der Waals surface area contributed by atoms with Crippen LogP contribution in [0.3, 0.4) is 0 Å². The summed E-state index contributed by atoms with van der Waals surface area (Å²) >= 11 is 7.57. The van der Waals surface area contributed by atoms with Crippen molar-refractivity contribution >= 4 is 51.6 Å². The van der Waals surface area contributed by atoms with Gasteiger partial charge in [0.15, 0.2) is 0 Å². The van der Waals surface area contributed by atoms with Gasteiger partial charge in [0.1, 0.15) is 12.1 Å². The van der Waals surface area contributed by atoms with E-state index in [2.05, 4.69) is 27.0 Å². The molecular formula is C21H22ClN5OS. The third-order valence-corrected chi connectivity index (χ3v) is 6.43. The third kappa shape index (κ3) is 4.42. The lowest BCUT2D eigenvalue weighted by molar-refractivity contribution is -0.141. The molecule has 8 heteroatoms. The highest BCUT2D eigenvalue weighted by Gasteiger charge is 2.30. The number of thiophene rings is 1. The van der Waals surface area contributed by atoms with Crippen LogP contribution in [0.2, 0.25) is 5.02 Å². The first-order chi connectivity index (χ1) is 14.0. The fourth-order valence-electron chi connectivity index (χ4n) is 3.54. The van der Waals surface area contributed by atoms with Crippen molar-refractivity contribution in [1.29, 1.82) is 0 Å². The first kappa shape index (κ1) is 19.8. The van der Waals surface area contributed by atoms with Crippen LogP contribution in [0.1, 0.15) is 17.4 Å². The van der Waals surface area contributed by atoms with Gasteiger partial charge in [0.2, 0.25) is 5.91 Å². The van der Waals surface area contributed by atoms with Crippen molar-refractivity contribution in [2.45, 2.75) is 19.5 Å². The Bertz CT molecular complexity index is 1070. The van der Waals surface area contributed by atoms with Gasteiger partial charge in [0.25, 0.3) is 0 Å². The highest BCUT2D eigenvalue weighted by atomic mass is 35.5. The Hall–Kier alpha value is -2.48. The number of hydrogen-bond acceptors (Lipinski definition) is 6. The minimum absolute atomic E-state index is 0.145. The zero-order valence-electron chi connectivity index (χ0n) is 16.1. The molecule has 1 atom stereocenters. The molecule has 6 nitrogen and oxygen atoms in total. The van der Waals surface area contributed by atoms with Gasteiger partial charge >= 0.3 is 0 Å². The Morgan fingerprint density at radius 3 is 2.97 bits per heavy atom. The molecule has 1 aliphatic heterocycles. The molecule has 3 heterocycles. The molecule has 1 fully saturated rings. The molecular weight excluding hydrogens is 406 g/mol. The summed E-state index contributed by atoms with van der Waals surface area (Å²) in [6.45, 7) is 4.82. The summed E-state index contributed by atoms with van der Waals surface area (Å²) in [4.78, 5) is 26.4. The van der Waals surface area contributed by atoms with E-state index in [1.165, 1.54) is 6.33 Å². The van der Waals surface area contributed by atoms with Gasteiger partial charge in [0, 0.05) is 41.8 Å². The summed E-state index contributed by atoms with van der Waals surface area (Å²) in [5, 5.41) is 3.51. The van der Waals surface area contributed by atoms with Crippen molar-refractivity contribution in [1.82, 2.24) is 19.8 Å². The molecule has 2 aromatic heterocycles. The summed E-state index contributed by atoms with van der Waals surface area (Å²) in [6, 6.07) is 7.68. The number of rotatable bonds is 5. The van der Waals surface area contributed by atoms with Gasteiger partial charge in [-0.2, -0.15) is 0 Å². The van der Waals surface area contributed by atoms with Crippen LogP contribution in [0, 0.1) is 0 Å². The summed E-state index contributed by atoms with van der Waals surface area (Å²) in [6.07, 6.45) is 5.61. The number of aromatic nitrogens is 2. The monoisotopic (exact) mass is 427 g/mol. The number of nitrogens with zero attached hydrogens (tertiary/aromatic N) is 4. The van der Waals surface area contributed by atoms with Crippen LogP contribution in [0.4, 0.5) is 5.82 Å². The minimum atomic E-state index is -0.154. The zero-order chi connectivity index (χ0) is 20.4. The van der Waals surface area contributed by atoms with Gasteiger partial charge in [-0.15, -0.1) is 11.3 Å². The molecule has 0 aliphatic carbocycles. The lowest BCUT2D eigenvalue weighted by Crippen LogP contribution is -2.55. The van der Waals surface area contributed by atoms with Gasteiger partial charge in [-0.3, -0.25) is 9.69 Å². The molecule has 1 amide bonds. The van der Waals surface area contributed by atoms with E-state index in [-0.39, 0.29) is 11.9 Å². The number of fused-ring (bicyclic) bond motifs is 1. The molecule has 2 N–H and O–H groups in total. The number of anilines is 1. The van der Waals surface area contributed by atoms with Crippen LogP contribution in [-0.4, -0.2) is 51.4 Å². The number of halogens is 1. The number of carbonyl (C=O) groups is 1. The first-order valence-corrected chi connectivity index (χ1v) is 10.7. The normalized spacial score (nSPS) is 18.2. The van der Waals surface area contributed by atoms with E-state index in [0.29, 0.717) is 18.9 Å². The molecule has 4 rings (SSSR count). The predicted molar refractivity (Wildman–Crippen MR) is 119 cm³/mol. The summed E-state index contributed by atoms with van der Waals surface area (Å²) in [5.74, 6) is 0.615. The Morgan fingerprint density at radius 2 is 2.17 bits per heavy atom. The maximum Gasteiger partial charge on any atom is 0.239 e. The largest absolute Gasteiger partial charge is 0.383 e. The number of hydrogen-bond donors (Lipinski definition) is 1. The van der Waals surface area contributed by atoms with Crippen molar-refractivity contribution < 1.29 is 4.79 Å².